The topological polar surface area (TPSA) is 0 Å². The molecule has 0 heterocycles. The largest absolute Gasteiger partial charge is 0.207 e. The van der Waals surface area contributed by atoms with Crippen LogP contribution in [0.3, 0.4) is 0 Å². The molecule has 0 aliphatic heterocycles. The minimum atomic E-state index is -0.829. The van der Waals surface area contributed by atoms with Crippen LogP contribution in [0.25, 0.3) is 22.3 Å². The van der Waals surface area contributed by atoms with E-state index < -0.39 is 11.6 Å². The molecule has 3 aromatic carbocycles. The molecule has 0 aromatic heterocycles. The van der Waals surface area contributed by atoms with Gasteiger partial charge < -0.3 is 0 Å². The summed E-state index contributed by atoms with van der Waals surface area (Å²) in [6.07, 6.45) is 19.8. The number of hydrogen-bond acceptors (Lipinski definition) is 0. The fourth-order valence-corrected chi connectivity index (χ4v) is 7.63. The molecule has 2 fully saturated rings. The highest BCUT2D eigenvalue weighted by atomic mass is 19.2. The van der Waals surface area contributed by atoms with Gasteiger partial charge in [0.05, 0.1) is 0 Å². The van der Waals surface area contributed by atoms with E-state index in [2.05, 4.69) is 6.92 Å². The molecule has 0 nitrogen and oxygen atoms in total. The molecule has 2 aliphatic carbocycles. The lowest BCUT2D eigenvalue weighted by Gasteiger charge is -2.38. The maximum Gasteiger partial charge on any atom is 0.166 e. The molecule has 0 spiro atoms. The summed E-state index contributed by atoms with van der Waals surface area (Å²) in [6.45, 7) is 4.14. The van der Waals surface area contributed by atoms with Gasteiger partial charge in [0.25, 0.3) is 0 Å². The molecule has 5 rings (SSSR count). The molecule has 2 aliphatic rings. The van der Waals surface area contributed by atoms with Gasteiger partial charge in [-0.2, -0.15) is 0 Å². The SMILES string of the molecule is CC=CCc1ccc(-c2ccc(-c3ccc(C4CCC(C5CCC(CCCCC)CC5)CC4)c(F)c3)cc2)c(F)c1F. The zero-order valence-corrected chi connectivity index (χ0v) is 25.5. The second kappa shape index (κ2) is 14.6. The summed E-state index contributed by atoms with van der Waals surface area (Å²) in [5, 5.41) is 0. The van der Waals surface area contributed by atoms with Gasteiger partial charge >= 0.3 is 0 Å². The quantitative estimate of drug-likeness (QED) is 0.167. The van der Waals surface area contributed by atoms with Crippen molar-refractivity contribution in [2.45, 2.75) is 103 Å². The first-order chi connectivity index (χ1) is 20.5. The van der Waals surface area contributed by atoms with Crippen LogP contribution in [0, 0.1) is 35.2 Å². The maximum atomic E-state index is 15.4. The molecule has 0 amide bonds. The molecule has 0 saturated heterocycles. The molecular weight excluding hydrogens is 525 g/mol. The summed E-state index contributed by atoms with van der Waals surface area (Å²) in [6, 6.07) is 16.2. The average Bonchev–Trinajstić information content (AvgIpc) is 3.02. The number of hydrogen-bond donors (Lipinski definition) is 0. The Morgan fingerprint density at radius 3 is 1.98 bits per heavy atom. The van der Waals surface area contributed by atoms with Crippen LogP contribution in [0.2, 0.25) is 0 Å². The number of unbranched alkanes of at least 4 members (excludes halogenated alkanes) is 2. The van der Waals surface area contributed by atoms with Gasteiger partial charge in [0, 0.05) is 5.56 Å². The van der Waals surface area contributed by atoms with E-state index in [4.69, 9.17) is 0 Å². The highest BCUT2D eigenvalue weighted by molar-refractivity contribution is 5.71. The Labute approximate surface area is 251 Å². The highest BCUT2D eigenvalue weighted by Gasteiger charge is 2.32. The van der Waals surface area contributed by atoms with Crippen molar-refractivity contribution in [3.05, 3.63) is 95.3 Å². The Kier molecular flexibility index (Phi) is 10.6. The van der Waals surface area contributed by atoms with E-state index in [1.54, 1.807) is 30.3 Å². The van der Waals surface area contributed by atoms with E-state index in [9.17, 15) is 8.78 Å². The molecule has 2 saturated carbocycles. The zero-order chi connectivity index (χ0) is 29.5. The van der Waals surface area contributed by atoms with Crippen LogP contribution in [0.15, 0.2) is 66.7 Å². The van der Waals surface area contributed by atoms with E-state index in [-0.39, 0.29) is 11.4 Å². The van der Waals surface area contributed by atoms with Crippen LogP contribution in [0.1, 0.15) is 108 Å². The molecule has 0 unspecified atom stereocenters. The molecule has 3 aromatic rings. The van der Waals surface area contributed by atoms with Gasteiger partial charge in [-0.3, -0.25) is 0 Å². The lowest BCUT2D eigenvalue weighted by atomic mass is 9.68. The van der Waals surface area contributed by atoms with Crippen molar-refractivity contribution in [2.75, 3.05) is 0 Å². The van der Waals surface area contributed by atoms with Crippen molar-refractivity contribution < 1.29 is 13.2 Å². The monoisotopic (exact) mass is 572 g/mol. The van der Waals surface area contributed by atoms with Gasteiger partial charge in [0.15, 0.2) is 11.6 Å². The van der Waals surface area contributed by atoms with Crippen molar-refractivity contribution in [1.29, 1.82) is 0 Å². The van der Waals surface area contributed by atoms with E-state index in [0.717, 1.165) is 47.3 Å². The third kappa shape index (κ3) is 7.21. The standard InChI is InChI=1S/C39H47F3/c1-3-5-7-8-27-10-12-28(13-11-27)29-14-18-31(19-15-29)35-24-23-34(26-37(35)40)30-16-20-32(21-17-30)36-25-22-33(9-6-4-2)38(41)39(36)42/h4,6,16-17,20-29,31H,3,5,7-15,18-19H2,1-2H3. The Balaban J connectivity index is 1.18. The van der Waals surface area contributed by atoms with Crippen molar-refractivity contribution >= 4 is 0 Å². The molecule has 42 heavy (non-hydrogen) atoms. The summed E-state index contributed by atoms with van der Waals surface area (Å²) < 4.78 is 44.8. The fourth-order valence-electron chi connectivity index (χ4n) is 7.63. The third-order valence-corrected chi connectivity index (χ3v) is 10.3. The van der Waals surface area contributed by atoms with Crippen LogP contribution in [0.4, 0.5) is 13.2 Å². The molecule has 0 atom stereocenters. The summed E-state index contributed by atoms with van der Waals surface area (Å²) in [4.78, 5) is 0. The van der Waals surface area contributed by atoms with Crippen LogP contribution < -0.4 is 0 Å². The van der Waals surface area contributed by atoms with Gasteiger partial charge in [-0.1, -0.05) is 106 Å². The predicted octanol–water partition coefficient (Wildman–Crippen LogP) is 12.2. The second-order valence-electron chi connectivity index (χ2n) is 12.9. The Hall–Kier alpha value is -2.81. The molecule has 224 valence electrons. The van der Waals surface area contributed by atoms with Crippen LogP contribution in [-0.4, -0.2) is 0 Å². The minimum Gasteiger partial charge on any atom is -0.207 e. The van der Waals surface area contributed by atoms with Crippen molar-refractivity contribution in [3.8, 4) is 22.3 Å². The van der Waals surface area contributed by atoms with Gasteiger partial charge in [-0.05, 0) is 109 Å². The van der Waals surface area contributed by atoms with Crippen molar-refractivity contribution in [1.82, 2.24) is 0 Å². The lowest BCUT2D eigenvalue weighted by Crippen LogP contribution is -2.25. The normalized spacial score (nSPS) is 23.0. The van der Waals surface area contributed by atoms with Crippen molar-refractivity contribution in [2.24, 2.45) is 17.8 Å². The zero-order valence-electron chi connectivity index (χ0n) is 25.5. The fraction of sp³-hybridized carbons (Fsp3) is 0.487. The van der Waals surface area contributed by atoms with Crippen LogP contribution in [0.5, 0.6) is 0 Å². The van der Waals surface area contributed by atoms with E-state index in [0.29, 0.717) is 23.5 Å². The molecular formula is C39H47F3. The van der Waals surface area contributed by atoms with Gasteiger partial charge in [0.1, 0.15) is 5.82 Å². The summed E-state index contributed by atoms with van der Waals surface area (Å²) in [5.74, 6) is 1.20. The molecule has 0 bridgehead atoms. The number of halogens is 3. The van der Waals surface area contributed by atoms with E-state index >= 15 is 4.39 Å². The lowest BCUT2D eigenvalue weighted by molar-refractivity contribution is 0.155. The van der Waals surface area contributed by atoms with Gasteiger partial charge in [-0.15, -0.1) is 0 Å². The number of benzene rings is 3. The molecule has 3 heteroatoms. The van der Waals surface area contributed by atoms with Crippen LogP contribution in [-0.2, 0) is 6.42 Å². The van der Waals surface area contributed by atoms with Gasteiger partial charge in [0.2, 0.25) is 0 Å². The average molecular weight is 573 g/mol. The first kappa shape index (κ1) is 30.6. The Morgan fingerprint density at radius 1 is 0.690 bits per heavy atom. The molecule has 0 N–H and O–H groups in total. The molecule has 0 radical (unpaired) electrons. The second-order valence-corrected chi connectivity index (χ2v) is 12.9. The predicted molar refractivity (Wildman–Crippen MR) is 170 cm³/mol. The first-order valence-electron chi connectivity index (χ1n) is 16.5. The first-order valence-corrected chi connectivity index (χ1v) is 16.5. The third-order valence-electron chi connectivity index (χ3n) is 10.3. The Morgan fingerprint density at radius 2 is 1.33 bits per heavy atom. The van der Waals surface area contributed by atoms with Crippen LogP contribution >= 0.6 is 0 Å². The summed E-state index contributed by atoms with van der Waals surface area (Å²) >= 11 is 0. The number of rotatable bonds is 10. The van der Waals surface area contributed by atoms with Crippen molar-refractivity contribution in [3.63, 3.8) is 0 Å². The minimum absolute atomic E-state index is 0.127. The summed E-state index contributed by atoms with van der Waals surface area (Å²) in [7, 11) is 0. The van der Waals surface area contributed by atoms with Gasteiger partial charge in [-0.25, -0.2) is 13.2 Å². The highest BCUT2D eigenvalue weighted by Crippen LogP contribution is 2.45. The summed E-state index contributed by atoms with van der Waals surface area (Å²) in [5.41, 5.74) is 3.70. The number of allylic oxidation sites excluding steroid dienone is 2. The van der Waals surface area contributed by atoms with E-state index in [1.165, 1.54) is 64.2 Å². The maximum absolute atomic E-state index is 15.4. The van der Waals surface area contributed by atoms with E-state index in [1.807, 2.05) is 43.3 Å². The Bertz CT molecular complexity index is 1320. The smallest absolute Gasteiger partial charge is 0.166 e.